The smallest absolute Gasteiger partial charge is 0.348 e. The van der Waals surface area contributed by atoms with Gasteiger partial charge in [-0.15, -0.1) is 0 Å². The number of nitrogens with zero attached hydrogens (tertiary/aromatic N) is 1. The molecule has 4 heteroatoms. The molecule has 1 aromatic rings. The van der Waals surface area contributed by atoms with E-state index in [1.165, 1.54) is 6.08 Å². The molecule has 19 heavy (non-hydrogen) atoms. The summed E-state index contributed by atoms with van der Waals surface area (Å²) >= 11 is 0. The normalized spacial score (nSPS) is 18.9. The molecule has 1 aliphatic rings. The Labute approximate surface area is 112 Å². The molecule has 4 nitrogen and oxygen atoms in total. The minimum Gasteiger partial charge on any atom is -0.459 e. The van der Waals surface area contributed by atoms with Gasteiger partial charge in [-0.25, -0.2) is 4.79 Å². The minimum absolute atomic E-state index is 0.00389. The van der Waals surface area contributed by atoms with Crippen LogP contribution in [-0.4, -0.2) is 25.3 Å². The predicted molar refractivity (Wildman–Crippen MR) is 70.0 cm³/mol. The highest BCUT2D eigenvalue weighted by molar-refractivity contribution is 5.97. The molecule has 0 aromatic heterocycles. The van der Waals surface area contributed by atoms with Gasteiger partial charge in [0.25, 0.3) is 0 Å². The summed E-state index contributed by atoms with van der Waals surface area (Å²) in [5, 5.41) is 9.00. The van der Waals surface area contributed by atoms with Gasteiger partial charge in [-0.05, 0) is 24.5 Å². The highest BCUT2D eigenvalue weighted by atomic mass is 16.6. The first kappa shape index (κ1) is 13.3. The zero-order chi connectivity index (χ0) is 13.5. The zero-order valence-electron chi connectivity index (χ0n) is 10.5. The lowest BCUT2D eigenvalue weighted by molar-refractivity contribution is -0.141. The monoisotopic (exact) mass is 257 g/mol. The molecule has 0 bridgehead atoms. The van der Waals surface area contributed by atoms with Crippen molar-refractivity contribution in [3.8, 4) is 6.07 Å². The zero-order valence-corrected chi connectivity index (χ0v) is 10.5. The number of esters is 1. The van der Waals surface area contributed by atoms with E-state index in [9.17, 15) is 4.79 Å². The molecule has 1 atom stereocenters. The van der Waals surface area contributed by atoms with Gasteiger partial charge in [-0.1, -0.05) is 30.3 Å². The van der Waals surface area contributed by atoms with Gasteiger partial charge in [0, 0.05) is 6.61 Å². The van der Waals surface area contributed by atoms with E-state index in [4.69, 9.17) is 14.7 Å². The summed E-state index contributed by atoms with van der Waals surface area (Å²) in [6.07, 6.45) is 3.39. The summed E-state index contributed by atoms with van der Waals surface area (Å²) in [7, 11) is 0. The van der Waals surface area contributed by atoms with Crippen LogP contribution in [0.3, 0.4) is 0 Å². The van der Waals surface area contributed by atoms with Crippen LogP contribution in [0.4, 0.5) is 0 Å². The lowest BCUT2D eigenvalue weighted by Gasteiger charge is -2.09. The number of hydrogen-bond donors (Lipinski definition) is 0. The summed E-state index contributed by atoms with van der Waals surface area (Å²) in [5.41, 5.74) is 0.803. The van der Waals surface area contributed by atoms with Crippen LogP contribution >= 0.6 is 0 Å². The van der Waals surface area contributed by atoms with Crippen molar-refractivity contribution in [2.75, 3.05) is 13.2 Å². The Hall–Kier alpha value is -2.12. The van der Waals surface area contributed by atoms with Gasteiger partial charge < -0.3 is 9.47 Å². The SMILES string of the molecule is N#CC(=Cc1ccccc1)C(=O)OCC1CCCO1. The standard InChI is InChI=1S/C15H15NO3/c16-10-13(9-12-5-2-1-3-6-12)15(17)19-11-14-7-4-8-18-14/h1-3,5-6,9,14H,4,7-8,11H2. The van der Waals surface area contributed by atoms with Crippen LogP contribution in [0.25, 0.3) is 6.08 Å². The molecule has 1 heterocycles. The maximum Gasteiger partial charge on any atom is 0.348 e. The summed E-state index contributed by atoms with van der Waals surface area (Å²) < 4.78 is 10.5. The second-order valence-corrected chi connectivity index (χ2v) is 4.31. The molecule has 1 unspecified atom stereocenters. The lowest BCUT2D eigenvalue weighted by atomic mass is 10.1. The van der Waals surface area contributed by atoms with E-state index >= 15 is 0 Å². The van der Waals surface area contributed by atoms with Crippen LogP contribution in [0, 0.1) is 11.3 Å². The number of ether oxygens (including phenoxy) is 2. The Morgan fingerprint density at radius 1 is 1.47 bits per heavy atom. The quantitative estimate of drug-likeness (QED) is 0.472. The van der Waals surface area contributed by atoms with Crippen LogP contribution in [0.5, 0.6) is 0 Å². The van der Waals surface area contributed by atoms with Gasteiger partial charge in [0.1, 0.15) is 18.2 Å². The van der Waals surface area contributed by atoms with E-state index in [-0.39, 0.29) is 18.3 Å². The van der Waals surface area contributed by atoms with Crippen molar-refractivity contribution in [1.82, 2.24) is 0 Å². The lowest BCUT2D eigenvalue weighted by Crippen LogP contribution is -2.18. The van der Waals surface area contributed by atoms with E-state index < -0.39 is 5.97 Å². The Morgan fingerprint density at radius 3 is 2.89 bits per heavy atom. The molecule has 2 rings (SSSR count). The minimum atomic E-state index is -0.596. The average molecular weight is 257 g/mol. The highest BCUT2D eigenvalue weighted by Crippen LogP contribution is 2.13. The number of rotatable bonds is 4. The van der Waals surface area contributed by atoms with Crippen LogP contribution in [0.1, 0.15) is 18.4 Å². The van der Waals surface area contributed by atoms with Crippen LogP contribution in [-0.2, 0) is 14.3 Å². The fourth-order valence-corrected chi connectivity index (χ4v) is 1.87. The van der Waals surface area contributed by atoms with Crippen molar-refractivity contribution >= 4 is 12.0 Å². The van der Waals surface area contributed by atoms with E-state index in [2.05, 4.69) is 0 Å². The van der Waals surface area contributed by atoms with Crippen LogP contribution < -0.4 is 0 Å². The van der Waals surface area contributed by atoms with Crippen molar-refractivity contribution in [3.05, 3.63) is 41.5 Å². The second-order valence-electron chi connectivity index (χ2n) is 4.31. The van der Waals surface area contributed by atoms with Crippen LogP contribution in [0.2, 0.25) is 0 Å². The molecule has 0 aliphatic carbocycles. The van der Waals surface area contributed by atoms with E-state index in [0.29, 0.717) is 6.61 Å². The van der Waals surface area contributed by atoms with Crippen molar-refractivity contribution in [3.63, 3.8) is 0 Å². The maximum absolute atomic E-state index is 11.8. The number of carbonyl (C=O) groups excluding carboxylic acids is 1. The molecule has 1 aromatic carbocycles. The first-order valence-corrected chi connectivity index (χ1v) is 6.25. The topological polar surface area (TPSA) is 59.3 Å². The molecule has 0 amide bonds. The molecular formula is C15H15NO3. The molecule has 0 N–H and O–H groups in total. The predicted octanol–water partition coefficient (Wildman–Crippen LogP) is 2.32. The fourth-order valence-electron chi connectivity index (χ4n) is 1.87. The van der Waals surface area contributed by atoms with Gasteiger partial charge in [-0.2, -0.15) is 5.26 Å². The summed E-state index contributed by atoms with van der Waals surface area (Å²) in [5.74, 6) is -0.596. The summed E-state index contributed by atoms with van der Waals surface area (Å²) in [4.78, 5) is 11.8. The first-order valence-electron chi connectivity index (χ1n) is 6.25. The van der Waals surface area contributed by atoms with Crippen LogP contribution in [0.15, 0.2) is 35.9 Å². The largest absolute Gasteiger partial charge is 0.459 e. The molecule has 0 saturated carbocycles. The van der Waals surface area contributed by atoms with E-state index in [1.807, 2.05) is 36.4 Å². The second kappa shape index (κ2) is 6.72. The van der Waals surface area contributed by atoms with Gasteiger partial charge in [0.05, 0.1) is 6.10 Å². The summed E-state index contributed by atoms with van der Waals surface area (Å²) in [6.45, 7) is 0.930. The fraction of sp³-hybridized carbons (Fsp3) is 0.333. The molecular weight excluding hydrogens is 242 g/mol. The molecule has 0 radical (unpaired) electrons. The van der Waals surface area contributed by atoms with E-state index in [0.717, 1.165) is 18.4 Å². The van der Waals surface area contributed by atoms with E-state index in [1.54, 1.807) is 0 Å². The van der Waals surface area contributed by atoms with Gasteiger partial charge in [0.15, 0.2) is 0 Å². The molecule has 0 spiro atoms. The molecule has 98 valence electrons. The molecule has 1 saturated heterocycles. The molecule has 1 fully saturated rings. The maximum atomic E-state index is 11.8. The average Bonchev–Trinajstić information content (AvgIpc) is 2.96. The number of nitriles is 1. The third kappa shape index (κ3) is 3.94. The van der Waals surface area contributed by atoms with Gasteiger partial charge in [-0.3, -0.25) is 0 Å². The Morgan fingerprint density at radius 2 is 2.26 bits per heavy atom. The first-order chi connectivity index (χ1) is 9.29. The Bertz CT molecular complexity index is 496. The van der Waals surface area contributed by atoms with Gasteiger partial charge in [0.2, 0.25) is 0 Å². The Balaban J connectivity index is 1.95. The third-order valence-electron chi connectivity index (χ3n) is 2.88. The highest BCUT2D eigenvalue weighted by Gasteiger charge is 2.19. The van der Waals surface area contributed by atoms with Gasteiger partial charge >= 0.3 is 5.97 Å². The Kier molecular flexibility index (Phi) is 4.71. The van der Waals surface area contributed by atoms with Crippen molar-refractivity contribution < 1.29 is 14.3 Å². The van der Waals surface area contributed by atoms with Crippen molar-refractivity contribution in [2.45, 2.75) is 18.9 Å². The molecule has 1 aliphatic heterocycles. The van der Waals surface area contributed by atoms with Crippen molar-refractivity contribution in [2.24, 2.45) is 0 Å². The number of benzene rings is 1. The van der Waals surface area contributed by atoms with Crippen molar-refractivity contribution in [1.29, 1.82) is 5.26 Å². The summed E-state index contributed by atoms with van der Waals surface area (Å²) in [6, 6.07) is 11.1. The number of hydrogen-bond acceptors (Lipinski definition) is 4. The number of carbonyl (C=O) groups is 1. The third-order valence-corrected chi connectivity index (χ3v) is 2.88.